The number of carbonyl (C=O) groups excluding carboxylic acids is 3. The van der Waals surface area contributed by atoms with Gasteiger partial charge in [-0.05, 0) is 77.0 Å². The molecule has 0 amide bonds. The maximum absolute atomic E-state index is 13.6. The highest BCUT2D eigenvalue weighted by atomic mass is 16.1. The summed E-state index contributed by atoms with van der Waals surface area (Å²) in [5.74, 6) is 0.932. The van der Waals surface area contributed by atoms with Gasteiger partial charge in [-0.25, -0.2) is 0 Å². The number of ketones is 1. The Morgan fingerprint density at radius 2 is 1.69 bits per heavy atom. The third-order valence-corrected chi connectivity index (χ3v) is 8.35. The van der Waals surface area contributed by atoms with Crippen molar-refractivity contribution in [3.8, 4) is 0 Å². The Morgan fingerprint density at radius 3 is 2.16 bits per heavy atom. The van der Waals surface area contributed by atoms with Gasteiger partial charge >= 0.3 is 0 Å². The van der Waals surface area contributed by atoms with Crippen molar-refractivity contribution in [2.24, 2.45) is 23.2 Å². The van der Waals surface area contributed by atoms with Gasteiger partial charge in [-0.1, -0.05) is 41.5 Å². The van der Waals surface area contributed by atoms with E-state index in [1.54, 1.807) is 6.92 Å². The van der Waals surface area contributed by atoms with Crippen LogP contribution >= 0.6 is 0 Å². The van der Waals surface area contributed by atoms with Gasteiger partial charge in [-0.15, -0.1) is 0 Å². The minimum absolute atomic E-state index is 0.00910. The molecular weight excluding hydrogens is 399 g/mol. The maximum atomic E-state index is 13.6. The van der Waals surface area contributed by atoms with E-state index in [0.29, 0.717) is 24.7 Å². The molecule has 0 aromatic rings. The largest absolute Gasteiger partial charge is 0.342 e. The van der Waals surface area contributed by atoms with Crippen LogP contribution in [0.3, 0.4) is 0 Å². The molecule has 1 N–H and O–H groups in total. The number of hydrogen-bond acceptors (Lipinski definition) is 5. The van der Waals surface area contributed by atoms with Gasteiger partial charge in [-0.3, -0.25) is 9.69 Å². The molecule has 6 atom stereocenters. The first-order valence-corrected chi connectivity index (χ1v) is 12.5. The Morgan fingerprint density at radius 1 is 1.09 bits per heavy atom. The van der Waals surface area contributed by atoms with Crippen LogP contribution in [0.1, 0.15) is 101 Å². The van der Waals surface area contributed by atoms with Gasteiger partial charge in [0.05, 0.1) is 11.1 Å². The summed E-state index contributed by atoms with van der Waals surface area (Å²) in [6, 6.07) is 0.149. The number of hydrogen-bond donors (Lipinski definition) is 1. The molecule has 0 aromatic heterocycles. The van der Waals surface area contributed by atoms with Crippen LogP contribution in [-0.4, -0.2) is 53.7 Å². The third-order valence-electron chi connectivity index (χ3n) is 8.35. The first-order valence-electron chi connectivity index (χ1n) is 12.5. The molecule has 1 aliphatic rings. The van der Waals surface area contributed by atoms with Crippen molar-refractivity contribution in [3.05, 3.63) is 0 Å². The fourth-order valence-electron chi connectivity index (χ4n) is 5.43. The molecule has 1 fully saturated rings. The summed E-state index contributed by atoms with van der Waals surface area (Å²) in [4.78, 5) is 40.1. The average molecular weight is 447 g/mol. The number of rotatable bonds is 9. The van der Waals surface area contributed by atoms with E-state index in [4.69, 9.17) is 0 Å². The summed E-state index contributed by atoms with van der Waals surface area (Å²) in [6.45, 7) is 21.4. The number of aldehydes is 1. The number of carbonyl (C=O) groups is 3. The van der Waals surface area contributed by atoms with Crippen LogP contribution in [0.5, 0.6) is 0 Å². The lowest BCUT2D eigenvalue weighted by atomic mass is 9.67. The summed E-state index contributed by atoms with van der Waals surface area (Å²) in [5, 5.41) is 3.14. The first kappa shape index (κ1) is 29.0. The van der Waals surface area contributed by atoms with Crippen LogP contribution < -0.4 is 5.23 Å². The van der Waals surface area contributed by atoms with Crippen molar-refractivity contribution in [2.75, 3.05) is 6.54 Å². The van der Waals surface area contributed by atoms with E-state index < -0.39 is 11.1 Å². The van der Waals surface area contributed by atoms with E-state index in [9.17, 15) is 14.4 Å². The van der Waals surface area contributed by atoms with Crippen LogP contribution in [0.25, 0.3) is 0 Å². The Kier molecular flexibility index (Phi) is 10.4. The zero-order valence-electron chi connectivity index (χ0n) is 22.4. The monoisotopic (exact) mass is 447 g/mol. The highest BCUT2D eigenvalue weighted by molar-refractivity contribution is 6.74. The minimum Gasteiger partial charge on any atom is -0.342 e. The standard InChI is InChI=1S/C26H48BN2O3/c1-11-25(9,21(6)31)28-27-23(32)26(10,12-2)29-16-19(4)13-18(3)14-22(17-30)24(7,8)15-20(29)5/h17-20,22,28H,11-16H2,1-10H3. The van der Waals surface area contributed by atoms with Gasteiger partial charge in [0.1, 0.15) is 17.8 Å². The molecule has 1 radical (unpaired) electrons. The lowest BCUT2D eigenvalue weighted by molar-refractivity contribution is -0.127. The molecule has 1 heterocycles. The molecular formula is C26H48BN2O3. The first-order chi connectivity index (χ1) is 14.7. The van der Waals surface area contributed by atoms with E-state index in [1.165, 1.54) is 7.41 Å². The summed E-state index contributed by atoms with van der Waals surface area (Å²) in [6.07, 6.45) is 5.26. The topological polar surface area (TPSA) is 66.5 Å². The van der Waals surface area contributed by atoms with E-state index in [0.717, 1.165) is 32.1 Å². The Hall–Kier alpha value is -1.01. The second-order valence-corrected chi connectivity index (χ2v) is 11.6. The van der Waals surface area contributed by atoms with Crippen molar-refractivity contribution in [3.63, 3.8) is 0 Å². The third kappa shape index (κ3) is 6.76. The Labute approximate surface area is 198 Å². The van der Waals surface area contributed by atoms with Crippen molar-refractivity contribution in [1.29, 1.82) is 0 Å². The average Bonchev–Trinajstić information content (AvgIpc) is 2.71. The minimum atomic E-state index is -0.733. The quantitative estimate of drug-likeness (QED) is 0.412. The lowest BCUT2D eigenvalue weighted by Gasteiger charge is -2.48. The van der Waals surface area contributed by atoms with Crippen molar-refractivity contribution < 1.29 is 14.4 Å². The zero-order chi connectivity index (χ0) is 24.9. The zero-order valence-corrected chi connectivity index (χ0v) is 22.4. The highest BCUT2D eigenvalue weighted by Gasteiger charge is 2.44. The molecule has 0 bridgehead atoms. The second-order valence-electron chi connectivity index (χ2n) is 11.6. The fourth-order valence-corrected chi connectivity index (χ4v) is 5.43. The molecule has 183 valence electrons. The summed E-state index contributed by atoms with van der Waals surface area (Å²) >= 11 is 0. The molecule has 0 spiro atoms. The van der Waals surface area contributed by atoms with Crippen molar-refractivity contribution in [2.45, 2.75) is 118 Å². The molecule has 5 nitrogen and oxygen atoms in total. The predicted octanol–water partition coefficient (Wildman–Crippen LogP) is 4.64. The van der Waals surface area contributed by atoms with Gasteiger partial charge < -0.3 is 14.8 Å². The van der Waals surface area contributed by atoms with E-state index in [-0.39, 0.29) is 28.8 Å². The number of Topliss-reactive ketones (excluding diaryl/α,β-unsaturated/α-hetero) is 1. The Balaban J connectivity index is 3.26. The van der Waals surface area contributed by atoms with Crippen LogP contribution in [-0.2, 0) is 14.4 Å². The second kappa shape index (κ2) is 11.4. The van der Waals surface area contributed by atoms with Gasteiger partial charge in [0.2, 0.25) is 0 Å². The van der Waals surface area contributed by atoms with Crippen LogP contribution in [0.4, 0.5) is 0 Å². The smallest absolute Gasteiger partial charge is 0.298 e. The maximum Gasteiger partial charge on any atom is 0.298 e. The predicted molar refractivity (Wildman–Crippen MR) is 134 cm³/mol. The number of nitrogens with zero attached hydrogens (tertiary/aromatic N) is 1. The normalized spacial score (nSPS) is 31.1. The molecule has 0 saturated carbocycles. The molecule has 32 heavy (non-hydrogen) atoms. The molecule has 6 heteroatoms. The molecule has 1 rings (SSSR count). The fraction of sp³-hybridized carbons (Fsp3) is 0.885. The van der Waals surface area contributed by atoms with Crippen LogP contribution in [0, 0.1) is 23.2 Å². The van der Waals surface area contributed by atoms with Gasteiger partial charge in [-0.2, -0.15) is 0 Å². The van der Waals surface area contributed by atoms with E-state index in [1.807, 2.05) is 20.8 Å². The summed E-state index contributed by atoms with van der Waals surface area (Å²) in [7, 11) is 1.53. The van der Waals surface area contributed by atoms with Crippen molar-refractivity contribution >= 4 is 25.2 Å². The van der Waals surface area contributed by atoms with Gasteiger partial charge in [0, 0.05) is 18.5 Å². The molecule has 6 unspecified atom stereocenters. The van der Waals surface area contributed by atoms with Crippen molar-refractivity contribution in [1.82, 2.24) is 10.1 Å². The molecule has 1 saturated heterocycles. The SMILES string of the molecule is CCC(C)(N[B]C(=O)C(C)(CC)N1CC(C)CC(C)CC(C=O)C(C)(C)CC1C)C(C)=O. The molecule has 0 aromatic carbocycles. The van der Waals surface area contributed by atoms with Gasteiger partial charge in [0.15, 0.2) is 0 Å². The summed E-state index contributed by atoms with van der Waals surface area (Å²) < 4.78 is 0. The molecule has 0 aliphatic carbocycles. The van der Waals surface area contributed by atoms with E-state index >= 15 is 0 Å². The highest BCUT2D eigenvalue weighted by Crippen LogP contribution is 2.40. The van der Waals surface area contributed by atoms with Gasteiger partial charge in [0.25, 0.3) is 7.41 Å². The lowest BCUT2D eigenvalue weighted by Crippen LogP contribution is -2.62. The number of nitrogens with one attached hydrogen (secondary N) is 1. The van der Waals surface area contributed by atoms with Crippen LogP contribution in [0.15, 0.2) is 0 Å². The van der Waals surface area contributed by atoms with E-state index in [2.05, 4.69) is 51.7 Å². The summed E-state index contributed by atoms with van der Waals surface area (Å²) in [5.41, 5.74) is -1.54. The molecule has 1 aliphatic heterocycles. The Bertz CT molecular complexity index is 667. The van der Waals surface area contributed by atoms with Crippen LogP contribution in [0.2, 0.25) is 0 Å².